The number of fused-ring (bicyclic) bond motifs is 1. The first-order chi connectivity index (χ1) is 7.70. The Morgan fingerprint density at radius 2 is 2.38 bits per heavy atom. The van der Waals surface area contributed by atoms with Gasteiger partial charge in [0.2, 0.25) is 0 Å². The molecule has 1 aromatic rings. The SMILES string of the molecule is CC(C)N=C(NN)c1cc2c(s1)CCSC2. The lowest BCUT2D eigenvalue weighted by Crippen LogP contribution is -2.31. The Morgan fingerprint density at radius 3 is 3.00 bits per heavy atom. The summed E-state index contributed by atoms with van der Waals surface area (Å²) in [7, 11) is 0. The zero-order chi connectivity index (χ0) is 11.5. The summed E-state index contributed by atoms with van der Waals surface area (Å²) >= 11 is 3.82. The summed E-state index contributed by atoms with van der Waals surface area (Å²) in [5.41, 5.74) is 4.17. The molecule has 2 rings (SSSR count). The number of nitrogens with two attached hydrogens (primary N) is 1. The summed E-state index contributed by atoms with van der Waals surface area (Å²) < 4.78 is 0. The zero-order valence-electron chi connectivity index (χ0n) is 9.62. The lowest BCUT2D eigenvalue weighted by atomic mass is 10.2. The fraction of sp³-hybridized carbons (Fsp3) is 0.545. The molecule has 0 saturated carbocycles. The van der Waals surface area contributed by atoms with Crippen molar-refractivity contribution in [1.29, 1.82) is 0 Å². The highest BCUT2D eigenvalue weighted by Crippen LogP contribution is 2.31. The van der Waals surface area contributed by atoms with Crippen LogP contribution < -0.4 is 11.3 Å². The molecule has 0 aromatic carbocycles. The summed E-state index contributed by atoms with van der Waals surface area (Å²) in [6.45, 7) is 4.11. The van der Waals surface area contributed by atoms with E-state index in [9.17, 15) is 0 Å². The molecule has 3 N–H and O–H groups in total. The van der Waals surface area contributed by atoms with Crippen LogP contribution in [0.4, 0.5) is 0 Å². The van der Waals surface area contributed by atoms with Gasteiger partial charge >= 0.3 is 0 Å². The van der Waals surface area contributed by atoms with Crippen LogP contribution in [0.15, 0.2) is 11.1 Å². The first-order valence-corrected chi connectivity index (χ1v) is 7.42. The number of hydrogen-bond acceptors (Lipinski definition) is 4. The molecule has 0 amide bonds. The molecule has 2 heterocycles. The summed E-state index contributed by atoms with van der Waals surface area (Å²) in [4.78, 5) is 7.16. The van der Waals surface area contributed by atoms with Crippen LogP contribution in [0, 0.1) is 0 Å². The van der Waals surface area contributed by atoms with E-state index < -0.39 is 0 Å². The Bertz CT molecular complexity index is 372. The van der Waals surface area contributed by atoms with E-state index in [1.807, 2.05) is 23.1 Å². The number of nitrogens with one attached hydrogen (secondary N) is 1. The van der Waals surface area contributed by atoms with Gasteiger partial charge in [-0.15, -0.1) is 11.3 Å². The van der Waals surface area contributed by atoms with E-state index in [2.05, 4.69) is 30.3 Å². The highest BCUT2D eigenvalue weighted by Gasteiger charge is 2.16. The third-order valence-electron chi connectivity index (χ3n) is 2.39. The first-order valence-electron chi connectivity index (χ1n) is 5.45. The van der Waals surface area contributed by atoms with Crippen molar-refractivity contribution in [2.45, 2.75) is 32.1 Å². The van der Waals surface area contributed by atoms with E-state index in [1.54, 1.807) is 0 Å². The van der Waals surface area contributed by atoms with Crippen molar-refractivity contribution in [1.82, 2.24) is 5.43 Å². The molecule has 1 aliphatic rings. The monoisotopic (exact) mass is 255 g/mol. The summed E-state index contributed by atoms with van der Waals surface area (Å²) in [6.07, 6.45) is 1.18. The second kappa shape index (κ2) is 5.21. The number of nitrogens with zero attached hydrogens (tertiary/aromatic N) is 1. The van der Waals surface area contributed by atoms with Gasteiger partial charge in [-0.1, -0.05) is 0 Å². The summed E-state index contributed by atoms with van der Waals surface area (Å²) in [5.74, 6) is 8.72. The van der Waals surface area contributed by atoms with Crippen molar-refractivity contribution in [3.8, 4) is 0 Å². The van der Waals surface area contributed by atoms with Gasteiger partial charge in [-0.25, -0.2) is 5.84 Å². The van der Waals surface area contributed by atoms with Crippen LogP contribution in [0.5, 0.6) is 0 Å². The molecule has 0 saturated heterocycles. The van der Waals surface area contributed by atoms with Gasteiger partial charge in [0.15, 0.2) is 5.84 Å². The van der Waals surface area contributed by atoms with Crippen LogP contribution in [0.3, 0.4) is 0 Å². The summed E-state index contributed by atoms with van der Waals surface area (Å²) in [6, 6.07) is 2.49. The molecule has 0 fully saturated rings. The molecule has 5 heteroatoms. The molecule has 3 nitrogen and oxygen atoms in total. The molecular formula is C11H17N3S2. The van der Waals surface area contributed by atoms with E-state index in [0.717, 1.165) is 11.6 Å². The number of amidine groups is 1. The van der Waals surface area contributed by atoms with Crippen molar-refractivity contribution in [3.05, 3.63) is 21.4 Å². The Balaban J connectivity index is 2.28. The normalized spacial score (nSPS) is 16.4. The van der Waals surface area contributed by atoms with Gasteiger partial charge < -0.3 is 5.43 Å². The third kappa shape index (κ3) is 2.59. The van der Waals surface area contributed by atoms with E-state index in [4.69, 9.17) is 5.84 Å². The molecule has 0 aliphatic carbocycles. The minimum Gasteiger partial charge on any atom is -0.308 e. The second-order valence-corrected chi connectivity index (χ2v) is 6.32. The van der Waals surface area contributed by atoms with Crippen LogP contribution in [-0.4, -0.2) is 17.6 Å². The molecule has 0 unspecified atom stereocenters. The maximum atomic E-state index is 5.53. The highest BCUT2D eigenvalue weighted by atomic mass is 32.2. The molecule has 0 spiro atoms. The molecular weight excluding hydrogens is 238 g/mol. The molecule has 0 radical (unpaired) electrons. The smallest absolute Gasteiger partial charge is 0.153 e. The molecule has 0 bridgehead atoms. The van der Waals surface area contributed by atoms with Crippen LogP contribution in [-0.2, 0) is 12.2 Å². The van der Waals surface area contributed by atoms with Crippen molar-refractivity contribution in [3.63, 3.8) is 0 Å². The van der Waals surface area contributed by atoms with Crippen LogP contribution in [0.25, 0.3) is 0 Å². The van der Waals surface area contributed by atoms with Crippen LogP contribution in [0.2, 0.25) is 0 Å². The predicted octanol–water partition coefficient (Wildman–Crippen LogP) is 2.16. The molecule has 16 heavy (non-hydrogen) atoms. The largest absolute Gasteiger partial charge is 0.308 e. The number of aryl methyl sites for hydroxylation is 1. The molecule has 0 atom stereocenters. The lowest BCUT2D eigenvalue weighted by molar-refractivity contribution is 0.821. The Hall–Kier alpha value is -0.520. The van der Waals surface area contributed by atoms with Crippen molar-refractivity contribution >= 4 is 28.9 Å². The number of thiophene rings is 1. The van der Waals surface area contributed by atoms with Crippen LogP contribution >= 0.6 is 23.1 Å². The third-order valence-corrected chi connectivity index (χ3v) is 4.64. The van der Waals surface area contributed by atoms with Crippen molar-refractivity contribution < 1.29 is 0 Å². The topological polar surface area (TPSA) is 50.4 Å². The Labute approximate surface area is 104 Å². The Kier molecular flexibility index (Phi) is 3.89. The van der Waals surface area contributed by atoms with Crippen molar-refractivity contribution in [2.24, 2.45) is 10.8 Å². The zero-order valence-corrected chi connectivity index (χ0v) is 11.3. The van der Waals surface area contributed by atoms with Gasteiger partial charge in [0, 0.05) is 16.7 Å². The fourth-order valence-electron chi connectivity index (χ4n) is 1.69. The van der Waals surface area contributed by atoms with E-state index in [0.29, 0.717) is 0 Å². The lowest BCUT2D eigenvalue weighted by Gasteiger charge is -2.08. The number of hydrogen-bond donors (Lipinski definition) is 2. The van der Waals surface area contributed by atoms with E-state index >= 15 is 0 Å². The quantitative estimate of drug-likeness (QED) is 0.368. The number of thioether (sulfide) groups is 1. The number of rotatable bonds is 2. The standard InChI is InChI=1S/C11H17N3S2/c1-7(2)13-11(14-12)10-5-8-6-15-4-3-9(8)16-10/h5,7H,3-4,6,12H2,1-2H3,(H,13,14). The second-order valence-electron chi connectivity index (χ2n) is 4.08. The minimum absolute atomic E-state index is 0.263. The predicted molar refractivity (Wildman–Crippen MR) is 73.2 cm³/mol. The minimum atomic E-state index is 0.263. The maximum Gasteiger partial charge on any atom is 0.153 e. The number of aliphatic imine (C=N–C) groups is 1. The van der Waals surface area contributed by atoms with Crippen LogP contribution in [0.1, 0.15) is 29.2 Å². The van der Waals surface area contributed by atoms with Gasteiger partial charge in [-0.3, -0.25) is 4.99 Å². The Morgan fingerprint density at radius 1 is 1.56 bits per heavy atom. The molecule has 88 valence electrons. The molecule has 1 aliphatic heterocycles. The first kappa shape index (κ1) is 12.0. The van der Waals surface area contributed by atoms with Gasteiger partial charge in [0.1, 0.15) is 0 Å². The number of hydrazine groups is 1. The van der Waals surface area contributed by atoms with Gasteiger partial charge in [0.25, 0.3) is 0 Å². The van der Waals surface area contributed by atoms with E-state index in [1.165, 1.54) is 27.5 Å². The van der Waals surface area contributed by atoms with E-state index in [-0.39, 0.29) is 6.04 Å². The maximum absolute atomic E-state index is 5.53. The van der Waals surface area contributed by atoms with Gasteiger partial charge in [-0.2, -0.15) is 11.8 Å². The molecule has 1 aromatic heterocycles. The van der Waals surface area contributed by atoms with Crippen molar-refractivity contribution in [2.75, 3.05) is 5.75 Å². The average molecular weight is 255 g/mol. The summed E-state index contributed by atoms with van der Waals surface area (Å²) in [5, 5.41) is 0. The fourth-order valence-corrected chi connectivity index (χ4v) is 4.03. The average Bonchev–Trinajstić information content (AvgIpc) is 2.68. The van der Waals surface area contributed by atoms with Gasteiger partial charge in [0.05, 0.1) is 4.88 Å². The van der Waals surface area contributed by atoms with Gasteiger partial charge in [-0.05, 0) is 37.7 Å². The highest BCUT2D eigenvalue weighted by molar-refractivity contribution is 7.98.